The summed E-state index contributed by atoms with van der Waals surface area (Å²) in [4.78, 5) is 24.5. The molecule has 4 heteroatoms. The number of rotatable bonds is 4. The second kappa shape index (κ2) is 6.29. The predicted molar refractivity (Wildman–Crippen MR) is 82.1 cm³/mol. The van der Waals surface area contributed by atoms with E-state index in [1.165, 1.54) is 6.42 Å². The first-order valence-electron chi connectivity index (χ1n) is 7.95. The number of hydrogen-bond acceptors (Lipinski definition) is 2. The van der Waals surface area contributed by atoms with Crippen LogP contribution in [0.4, 0.5) is 5.69 Å². The summed E-state index contributed by atoms with van der Waals surface area (Å²) in [6.45, 7) is 0. The molecule has 2 N–H and O–H groups in total. The first kappa shape index (κ1) is 14.1. The minimum atomic E-state index is -0.0861. The van der Waals surface area contributed by atoms with Crippen LogP contribution >= 0.6 is 0 Å². The van der Waals surface area contributed by atoms with Crippen molar-refractivity contribution in [2.24, 2.45) is 5.92 Å². The second-order valence-corrected chi connectivity index (χ2v) is 6.12. The predicted octanol–water partition coefficient (Wildman–Crippen LogP) is 3.10. The summed E-state index contributed by atoms with van der Waals surface area (Å²) < 4.78 is 0. The molecule has 0 atom stereocenters. The van der Waals surface area contributed by atoms with E-state index in [1.54, 1.807) is 6.07 Å². The molecular weight excluding hydrogens is 264 g/mol. The molecule has 112 valence electrons. The van der Waals surface area contributed by atoms with Crippen molar-refractivity contribution in [3.05, 3.63) is 29.8 Å². The molecule has 0 radical (unpaired) electrons. The van der Waals surface area contributed by atoms with Gasteiger partial charge in [-0.1, -0.05) is 31.4 Å². The maximum absolute atomic E-state index is 12.3. The molecule has 0 spiro atoms. The first-order valence-corrected chi connectivity index (χ1v) is 7.95. The van der Waals surface area contributed by atoms with Crippen LogP contribution in [-0.2, 0) is 4.79 Å². The smallest absolute Gasteiger partial charge is 0.253 e. The topological polar surface area (TPSA) is 58.2 Å². The molecule has 0 aliphatic heterocycles. The number of nitrogens with one attached hydrogen (secondary N) is 2. The van der Waals surface area contributed by atoms with Crippen LogP contribution in [0.1, 0.15) is 55.3 Å². The molecule has 3 rings (SSSR count). The van der Waals surface area contributed by atoms with Gasteiger partial charge in [-0.25, -0.2) is 0 Å². The zero-order valence-electron chi connectivity index (χ0n) is 12.2. The van der Waals surface area contributed by atoms with E-state index in [0.29, 0.717) is 17.3 Å². The summed E-state index contributed by atoms with van der Waals surface area (Å²) in [5.74, 6) is 0.0664. The van der Waals surface area contributed by atoms with Crippen molar-refractivity contribution in [3.8, 4) is 0 Å². The lowest BCUT2D eigenvalue weighted by Crippen LogP contribution is -2.29. The molecule has 2 aliphatic rings. The zero-order chi connectivity index (χ0) is 14.7. The number of hydrogen-bond donors (Lipinski definition) is 2. The highest BCUT2D eigenvalue weighted by Crippen LogP contribution is 2.26. The van der Waals surface area contributed by atoms with E-state index in [0.717, 1.165) is 38.5 Å². The Kier molecular flexibility index (Phi) is 4.23. The van der Waals surface area contributed by atoms with E-state index in [2.05, 4.69) is 10.6 Å². The summed E-state index contributed by atoms with van der Waals surface area (Å²) in [6.07, 6.45) is 7.52. The van der Waals surface area contributed by atoms with E-state index in [-0.39, 0.29) is 17.7 Å². The number of amides is 2. The Labute approximate surface area is 125 Å². The molecule has 2 fully saturated rings. The number of benzene rings is 1. The lowest BCUT2D eigenvalue weighted by molar-refractivity contribution is -0.120. The molecule has 0 heterocycles. The maximum Gasteiger partial charge on any atom is 0.253 e. The Morgan fingerprint density at radius 3 is 2.38 bits per heavy atom. The van der Waals surface area contributed by atoms with Crippen molar-refractivity contribution >= 4 is 17.5 Å². The van der Waals surface area contributed by atoms with Gasteiger partial charge in [-0.3, -0.25) is 9.59 Å². The van der Waals surface area contributed by atoms with Crippen molar-refractivity contribution in [2.45, 2.75) is 51.0 Å². The zero-order valence-corrected chi connectivity index (χ0v) is 12.2. The van der Waals surface area contributed by atoms with E-state index in [4.69, 9.17) is 0 Å². The van der Waals surface area contributed by atoms with Gasteiger partial charge in [0, 0.05) is 12.0 Å². The highest BCUT2D eigenvalue weighted by molar-refractivity contribution is 6.04. The minimum absolute atomic E-state index is 0.0568. The molecule has 2 saturated carbocycles. The third kappa shape index (κ3) is 3.63. The maximum atomic E-state index is 12.3. The van der Waals surface area contributed by atoms with Crippen LogP contribution in [0.25, 0.3) is 0 Å². The summed E-state index contributed by atoms with van der Waals surface area (Å²) in [6, 6.07) is 7.58. The Bertz CT molecular complexity index is 531. The summed E-state index contributed by atoms with van der Waals surface area (Å²) >= 11 is 0. The number of anilines is 1. The molecule has 4 nitrogen and oxygen atoms in total. The van der Waals surface area contributed by atoms with Gasteiger partial charge in [-0.2, -0.15) is 0 Å². The molecule has 1 aromatic carbocycles. The van der Waals surface area contributed by atoms with Crippen LogP contribution in [0.3, 0.4) is 0 Å². The van der Waals surface area contributed by atoms with E-state index < -0.39 is 0 Å². The van der Waals surface area contributed by atoms with Gasteiger partial charge in [-0.15, -0.1) is 0 Å². The van der Waals surface area contributed by atoms with Gasteiger partial charge in [0.2, 0.25) is 5.91 Å². The van der Waals surface area contributed by atoms with Crippen molar-refractivity contribution < 1.29 is 9.59 Å². The molecular formula is C17H22N2O2. The largest absolute Gasteiger partial charge is 0.349 e. The molecule has 0 saturated heterocycles. The van der Waals surface area contributed by atoms with Gasteiger partial charge >= 0.3 is 0 Å². The van der Waals surface area contributed by atoms with Gasteiger partial charge in [0.15, 0.2) is 0 Å². The Balaban J connectivity index is 1.68. The Morgan fingerprint density at radius 1 is 0.952 bits per heavy atom. The van der Waals surface area contributed by atoms with Crippen LogP contribution in [0.2, 0.25) is 0 Å². The van der Waals surface area contributed by atoms with Gasteiger partial charge in [0.1, 0.15) is 0 Å². The minimum Gasteiger partial charge on any atom is -0.349 e. The van der Waals surface area contributed by atoms with Crippen LogP contribution in [-0.4, -0.2) is 17.9 Å². The first-order chi connectivity index (χ1) is 10.2. The summed E-state index contributed by atoms with van der Waals surface area (Å²) in [7, 11) is 0. The highest BCUT2D eigenvalue weighted by atomic mass is 16.2. The molecule has 0 unspecified atom stereocenters. The van der Waals surface area contributed by atoms with Gasteiger partial charge in [0.05, 0.1) is 11.3 Å². The third-order valence-corrected chi connectivity index (χ3v) is 4.32. The molecule has 0 bridgehead atoms. The normalized spacial score (nSPS) is 19.0. The van der Waals surface area contributed by atoms with Crippen molar-refractivity contribution in [2.75, 3.05) is 5.32 Å². The van der Waals surface area contributed by atoms with E-state index in [9.17, 15) is 9.59 Å². The van der Waals surface area contributed by atoms with E-state index >= 15 is 0 Å². The lowest BCUT2D eigenvalue weighted by Gasteiger charge is -2.21. The van der Waals surface area contributed by atoms with Gasteiger partial charge < -0.3 is 10.6 Å². The lowest BCUT2D eigenvalue weighted by atomic mass is 9.88. The van der Waals surface area contributed by atoms with Gasteiger partial charge in [-0.05, 0) is 37.8 Å². The molecule has 1 aromatic rings. The number of para-hydroxylation sites is 1. The highest BCUT2D eigenvalue weighted by Gasteiger charge is 2.26. The van der Waals surface area contributed by atoms with Crippen molar-refractivity contribution in [1.82, 2.24) is 5.32 Å². The van der Waals surface area contributed by atoms with Crippen LogP contribution in [0.5, 0.6) is 0 Å². The third-order valence-electron chi connectivity index (χ3n) is 4.32. The molecule has 2 amide bonds. The van der Waals surface area contributed by atoms with Crippen LogP contribution < -0.4 is 10.6 Å². The summed E-state index contributed by atoms with van der Waals surface area (Å²) in [5.41, 5.74) is 1.19. The average Bonchev–Trinajstić information content (AvgIpc) is 3.32. The van der Waals surface area contributed by atoms with Crippen LogP contribution in [0, 0.1) is 5.92 Å². The Morgan fingerprint density at radius 2 is 1.67 bits per heavy atom. The fraction of sp³-hybridized carbons (Fsp3) is 0.529. The number of carbonyl (C=O) groups is 2. The number of carbonyl (C=O) groups excluding carboxylic acids is 2. The standard InChI is InChI=1S/C17H22N2O2/c20-16(12-6-2-1-3-7-12)19-15-9-5-4-8-14(15)17(21)18-13-10-11-13/h4-5,8-9,12-13H,1-3,6-7,10-11H2,(H,18,21)(H,19,20). The quantitative estimate of drug-likeness (QED) is 0.893. The second-order valence-electron chi connectivity index (χ2n) is 6.12. The van der Waals surface area contributed by atoms with Gasteiger partial charge in [0.25, 0.3) is 5.91 Å². The SMILES string of the molecule is O=C(NC1CC1)c1ccccc1NC(=O)C1CCCCC1. The fourth-order valence-corrected chi connectivity index (χ4v) is 2.88. The monoisotopic (exact) mass is 286 g/mol. The van der Waals surface area contributed by atoms with E-state index in [1.807, 2.05) is 18.2 Å². The fourth-order valence-electron chi connectivity index (χ4n) is 2.88. The summed E-state index contributed by atoms with van der Waals surface area (Å²) in [5, 5.41) is 5.93. The Hall–Kier alpha value is -1.84. The average molecular weight is 286 g/mol. The molecule has 2 aliphatic carbocycles. The molecule has 0 aromatic heterocycles. The van der Waals surface area contributed by atoms with Crippen molar-refractivity contribution in [1.29, 1.82) is 0 Å². The van der Waals surface area contributed by atoms with Crippen LogP contribution in [0.15, 0.2) is 24.3 Å². The molecule has 21 heavy (non-hydrogen) atoms. The van der Waals surface area contributed by atoms with Crippen molar-refractivity contribution in [3.63, 3.8) is 0 Å².